The van der Waals surface area contributed by atoms with E-state index in [4.69, 9.17) is 8.85 Å². The van der Waals surface area contributed by atoms with Gasteiger partial charge in [0, 0.05) is 10.7 Å². The van der Waals surface area contributed by atoms with E-state index < -0.39 is 50.0 Å². The second-order valence-electron chi connectivity index (χ2n) is 9.72. The van der Waals surface area contributed by atoms with Crippen LogP contribution in [0, 0.1) is 13.8 Å². The van der Waals surface area contributed by atoms with Crippen molar-refractivity contribution >= 4 is 36.6 Å². The number of esters is 1. The number of sulfonamides is 1. The van der Waals surface area contributed by atoms with Gasteiger partial charge in [0.25, 0.3) is 0 Å². The summed E-state index contributed by atoms with van der Waals surface area (Å²) in [6.45, 7) is -0.563. The Kier molecular flexibility index (Phi) is 5.74. The third kappa shape index (κ3) is 4.34. The number of carbonyl (C=O) groups is 1. The van der Waals surface area contributed by atoms with Crippen molar-refractivity contribution in [1.29, 1.82) is 0 Å². The van der Waals surface area contributed by atoms with Crippen LogP contribution in [0.5, 0.6) is 0 Å². The molecular weight excluding hydrogens is 534 g/mol. The van der Waals surface area contributed by atoms with Crippen molar-refractivity contribution in [3.63, 3.8) is 0 Å². The molecule has 0 amide bonds. The highest BCUT2D eigenvalue weighted by Crippen LogP contribution is 2.50. The Balaban J connectivity index is 1.96. The average molecular weight is 567 g/mol. The number of methoxy groups -OCH3 is 1. The summed E-state index contributed by atoms with van der Waals surface area (Å²) in [7, 11) is -8.64. The molecule has 0 spiro atoms. The number of sulfone groups is 1. The van der Waals surface area contributed by atoms with E-state index in [1.165, 1.54) is 42.5 Å². The molecule has 39 heavy (non-hydrogen) atoms. The second kappa shape index (κ2) is 9.59. The van der Waals surface area contributed by atoms with Crippen LogP contribution >= 0.6 is 0 Å². The molecule has 0 aromatic heterocycles. The molecule has 0 N–H and O–H groups in total. The predicted molar refractivity (Wildman–Crippen MR) is 149 cm³/mol. The molecule has 0 saturated heterocycles. The minimum atomic E-state index is -4.79. The van der Waals surface area contributed by atoms with E-state index in [0.717, 1.165) is 18.2 Å². The number of hydrogen-bond acceptors (Lipinski definition) is 6. The third-order valence-corrected chi connectivity index (χ3v) is 11.2. The monoisotopic (exact) mass is 566 g/mol. The van der Waals surface area contributed by atoms with Crippen LogP contribution in [0.4, 0.5) is 0 Å². The van der Waals surface area contributed by atoms with E-state index in [-0.39, 0.29) is 20.9 Å². The average Bonchev–Trinajstić information content (AvgIpc) is 2.94. The normalized spacial score (nSPS) is 21.4. The molecule has 9 heteroatoms. The first-order valence-corrected chi connectivity index (χ1v) is 15.1. The number of ether oxygens (including phenoxy) is 1. The number of rotatable bonds is 5. The Morgan fingerprint density at radius 2 is 1.41 bits per heavy atom. The maximum absolute atomic E-state index is 14.7. The molecule has 202 valence electrons. The van der Waals surface area contributed by atoms with Crippen molar-refractivity contribution in [2.24, 2.45) is 0 Å². The highest BCUT2D eigenvalue weighted by molar-refractivity contribution is 7.92. The van der Waals surface area contributed by atoms with Crippen molar-refractivity contribution < 1.29 is 30.5 Å². The molecule has 0 bridgehead atoms. The number of carbonyl (C=O) groups excluding carboxylic acids is 1. The van der Waals surface area contributed by atoms with Gasteiger partial charge >= 0.3 is 5.97 Å². The Labute approximate surface area is 233 Å². The highest BCUT2D eigenvalue weighted by atomic mass is 32.2. The van der Waals surface area contributed by atoms with Crippen LogP contribution in [-0.2, 0) is 35.9 Å². The van der Waals surface area contributed by atoms with Gasteiger partial charge < -0.3 is 4.74 Å². The van der Waals surface area contributed by atoms with Crippen LogP contribution < -0.4 is 0 Å². The first kappa shape index (κ1) is 23.4. The molecule has 0 aliphatic carbocycles. The van der Waals surface area contributed by atoms with Crippen LogP contribution in [0.25, 0.3) is 10.8 Å². The lowest BCUT2D eigenvalue weighted by atomic mass is 9.84. The van der Waals surface area contributed by atoms with E-state index in [9.17, 15) is 21.6 Å². The standard InChI is InChI=1S/C30H29NO6S2/c1-20-9-13-25(14-10-20)38(33,34)28-27-18-23-8-6-5-7-22(23)17-24(27)19-31(30(28,3)29(32)37-4)39(35,36)26-15-11-21(2)12-16-26/h5-18,28H,19H2,1-4H3/t28-,30+/m0/s1/i3D3. The second-order valence-corrected chi connectivity index (χ2v) is 13.6. The SMILES string of the molecule is [2H]C([2H])([2H])[C@]1(C(=O)OC)[C@@H](S(=O)(=O)c2ccc(C)cc2)c2cc3ccccc3cc2CN1S(=O)(=O)c1ccc(C)cc1. The molecule has 2 atom stereocenters. The van der Waals surface area contributed by atoms with Gasteiger partial charge in [-0.3, -0.25) is 0 Å². The molecule has 4 aromatic rings. The number of nitrogens with zero attached hydrogens (tertiary/aromatic N) is 1. The first-order chi connectivity index (χ1) is 19.7. The molecule has 0 unspecified atom stereocenters. The largest absolute Gasteiger partial charge is 0.468 e. The van der Waals surface area contributed by atoms with Crippen LogP contribution in [0.3, 0.4) is 0 Å². The van der Waals surface area contributed by atoms with Crippen LogP contribution in [0.1, 0.15) is 38.5 Å². The fraction of sp³-hybridized carbons (Fsp3) is 0.233. The molecule has 0 fully saturated rings. The number of hydrogen-bond donors (Lipinski definition) is 0. The Hall–Kier alpha value is -3.53. The molecule has 1 heterocycles. The smallest absolute Gasteiger partial charge is 0.328 e. The maximum atomic E-state index is 14.7. The molecule has 7 nitrogen and oxygen atoms in total. The lowest BCUT2D eigenvalue weighted by Gasteiger charge is -2.46. The summed E-state index contributed by atoms with van der Waals surface area (Å²) in [6, 6.07) is 21.6. The van der Waals surface area contributed by atoms with Crippen molar-refractivity contribution in [2.45, 2.75) is 47.8 Å². The van der Waals surface area contributed by atoms with Gasteiger partial charge in [0.15, 0.2) is 15.4 Å². The van der Waals surface area contributed by atoms with Gasteiger partial charge in [0.05, 0.1) is 16.9 Å². The summed E-state index contributed by atoms with van der Waals surface area (Å²) in [5, 5.41) is -0.893. The summed E-state index contributed by atoms with van der Waals surface area (Å²) >= 11 is 0. The van der Waals surface area contributed by atoms with Gasteiger partial charge in [-0.1, -0.05) is 59.7 Å². The van der Waals surface area contributed by atoms with Crippen molar-refractivity contribution in [3.05, 3.63) is 107 Å². The van der Waals surface area contributed by atoms with Crippen molar-refractivity contribution in [2.75, 3.05) is 7.11 Å². The molecule has 0 radical (unpaired) electrons. The van der Waals surface area contributed by atoms with E-state index in [1.807, 2.05) is 0 Å². The topological polar surface area (TPSA) is 97.8 Å². The Bertz CT molecular complexity index is 1910. The van der Waals surface area contributed by atoms with E-state index in [1.54, 1.807) is 56.3 Å². The van der Waals surface area contributed by atoms with Gasteiger partial charge in [-0.25, -0.2) is 21.6 Å². The lowest BCUT2D eigenvalue weighted by Crippen LogP contribution is -2.62. The van der Waals surface area contributed by atoms with Crippen LogP contribution in [0.2, 0.25) is 0 Å². The quantitative estimate of drug-likeness (QED) is 0.312. The molecule has 1 aliphatic heterocycles. The minimum absolute atomic E-state index is 0.0196. The summed E-state index contributed by atoms with van der Waals surface area (Å²) in [6.07, 6.45) is 0. The van der Waals surface area contributed by atoms with Crippen molar-refractivity contribution in [3.8, 4) is 0 Å². The zero-order valence-corrected chi connectivity index (χ0v) is 23.2. The summed E-state index contributed by atoms with van der Waals surface area (Å²) in [5.41, 5.74) is -1.40. The molecule has 4 aromatic carbocycles. The van der Waals surface area contributed by atoms with Gasteiger partial charge in [0.1, 0.15) is 5.25 Å². The zero-order chi connectivity index (χ0) is 30.7. The summed E-state index contributed by atoms with van der Waals surface area (Å²) in [5.74, 6) is -1.50. The van der Waals surface area contributed by atoms with Gasteiger partial charge in [-0.15, -0.1) is 0 Å². The molecule has 1 aliphatic rings. The van der Waals surface area contributed by atoms with E-state index >= 15 is 0 Å². The van der Waals surface area contributed by atoms with E-state index in [0.29, 0.717) is 15.1 Å². The number of aryl methyl sites for hydroxylation is 2. The molecule has 5 rings (SSSR count). The van der Waals surface area contributed by atoms with Gasteiger partial charge in [-0.05, 0) is 79.0 Å². The lowest BCUT2D eigenvalue weighted by molar-refractivity contribution is -0.152. The highest BCUT2D eigenvalue weighted by Gasteiger charge is 2.61. The zero-order valence-electron chi connectivity index (χ0n) is 24.6. The Morgan fingerprint density at radius 1 is 0.872 bits per heavy atom. The fourth-order valence-corrected chi connectivity index (χ4v) is 8.74. The number of fused-ring (bicyclic) bond motifs is 2. The molecule has 0 saturated carbocycles. The predicted octanol–water partition coefficient (Wildman–Crippen LogP) is 5.11. The van der Waals surface area contributed by atoms with Crippen molar-refractivity contribution in [1.82, 2.24) is 4.31 Å². The fourth-order valence-electron chi connectivity index (χ4n) is 5.05. The van der Waals surface area contributed by atoms with Crippen LogP contribution in [0.15, 0.2) is 94.7 Å². The van der Waals surface area contributed by atoms with Gasteiger partial charge in [-0.2, -0.15) is 4.31 Å². The molecular formula is C30H29NO6S2. The van der Waals surface area contributed by atoms with E-state index in [2.05, 4.69) is 0 Å². The van der Waals surface area contributed by atoms with Gasteiger partial charge in [0.2, 0.25) is 10.0 Å². The summed E-state index contributed by atoms with van der Waals surface area (Å²) in [4.78, 5) is 13.4. The minimum Gasteiger partial charge on any atom is -0.468 e. The third-order valence-electron chi connectivity index (χ3n) is 7.14. The Morgan fingerprint density at radius 3 is 1.95 bits per heavy atom. The first-order valence-electron chi connectivity index (χ1n) is 13.7. The van der Waals surface area contributed by atoms with Crippen LogP contribution in [-0.4, -0.2) is 39.8 Å². The summed E-state index contributed by atoms with van der Waals surface area (Å²) < 4.78 is 89.7. The number of benzene rings is 4. The maximum Gasteiger partial charge on any atom is 0.328 e.